The minimum Gasteiger partial charge on any atom is -0.872 e. The highest BCUT2D eigenvalue weighted by atomic mass is 16.6. The van der Waals surface area contributed by atoms with Gasteiger partial charge in [0.2, 0.25) is 0 Å². The fourth-order valence-electron chi connectivity index (χ4n) is 2.98. The molecule has 27 heavy (non-hydrogen) atoms. The third kappa shape index (κ3) is 6.41. The van der Waals surface area contributed by atoms with Gasteiger partial charge >= 0.3 is 0 Å². The molecule has 7 heteroatoms. The van der Waals surface area contributed by atoms with Gasteiger partial charge in [0.05, 0.1) is 58.4 Å². The third-order valence-corrected chi connectivity index (χ3v) is 4.44. The first kappa shape index (κ1) is 20.0. The van der Waals surface area contributed by atoms with Crippen LogP contribution < -0.4 is 5.11 Å². The van der Waals surface area contributed by atoms with Crippen LogP contribution in [0.3, 0.4) is 0 Å². The molecule has 0 radical (unpaired) electrons. The predicted octanol–water partition coefficient (Wildman–Crippen LogP) is 1.19. The number of rotatable bonds is 2. The number of aromatic nitrogens is 1. The van der Waals surface area contributed by atoms with Crippen LogP contribution in [0.4, 0.5) is 0 Å². The number of nitrogens with zero attached hydrogens (tertiary/aromatic N) is 2. The molecule has 0 N–H and O–H groups in total. The number of pyridine rings is 1. The van der Waals surface area contributed by atoms with E-state index in [1.807, 2.05) is 18.2 Å². The highest BCUT2D eigenvalue weighted by molar-refractivity contribution is 5.83. The van der Waals surface area contributed by atoms with Crippen molar-refractivity contribution in [3.63, 3.8) is 0 Å². The van der Waals surface area contributed by atoms with Crippen LogP contribution in [-0.4, -0.2) is 75.8 Å². The van der Waals surface area contributed by atoms with E-state index >= 15 is 0 Å². The first-order valence-electron chi connectivity index (χ1n) is 9.41. The summed E-state index contributed by atoms with van der Waals surface area (Å²) in [5.41, 5.74) is 1.49. The molecule has 148 valence electrons. The molecule has 1 aromatic carbocycles. The van der Waals surface area contributed by atoms with Crippen molar-refractivity contribution in [2.24, 2.45) is 0 Å². The topological polar surface area (TPSA) is 76.1 Å². The van der Waals surface area contributed by atoms with Crippen molar-refractivity contribution in [3.05, 3.63) is 36.0 Å². The van der Waals surface area contributed by atoms with E-state index < -0.39 is 0 Å². The van der Waals surface area contributed by atoms with Gasteiger partial charge in [0, 0.05) is 31.2 Å². The highest BCUT2D eigenvalue weighted by Crippen LogP contribution is 2.24. The van der Waals surface area contributed by atoms with Crippen molar-refractivity contribution >= 4 is 10.9 Å². The highest BCUT2D eigenvalue weighted by Gasteiger charge is 2.11. The summed E-state index contributed by atoms with van der Waals surface area (Å²) >= 11 is 0. The van der Waals surface area contributed by atoms with Gasteiger partial charge in [0.15, 0.2) is 0 Å². The second kappa shape index (κ2) is 11.2. The Kier molecular flexibility index (Phi) is 8.26. The van der Waals surface area contributed by atoms with Gasteiger partial charge in [-0.05, 0) is 11.6 Å². The summed E-state index contributed by atoms with van der Waals surface area (Å²) < 4.78 is 22.2. The van der Waals surface area contributed by atoms with E-state index in [1.165, 1.54) is 0 Å². The Balaban J connectivity index is 1.65. The average Bonchev–Trinajstić information content (AvgIpc) is 2.70. The molecule has 0 bridgehead atoms. The summed E-state index contributed by atoms with van der Waals surface area (Å²) in [5, 5.41) is 13.4. The lowest BCUT2D eigenvalue weighted by Gasteiger charge is -2.25. The van der Waals surface area contributed by atoms with E-state index in [1.54, 1.807) is 12.3 Å². The Morgan fingerprint density at radius 1 is 0.815 bits per heavy atom. The zero-order valence-corrected chi connectivity index (χ0v) is 15.6. The lowest BCUT2D eigenvalue weighted by molar-refractivity contribution is -0.269. The molecule has 0 atom stereocenters. The van der Waals surface area contributed by atoms with E-state index in [2.05, 4.69) is 9.88 Å². The second-order valence-corrected chi connectivity index (χ2v) is 6.34. The number of hydrogen-bond donors (Lipinski definition) is 0. The van der Waals surface area contributed by atoms with Crippen LogP contribution in [0.5, 0.6) is 5.75 Å². The molecule has 3 rings (SSSR count). The molecule has 2 heterocycles. The summed E-state index contributed by atoms with van der Waals surface area (Å²) in [7, 11) is 0. The smallest absolute Gasteiger partial charge is 0.0740 e. The molecule has 1 saturated heterocycles. The average molecular weight is 375 g/mol. The van der Waals surface area contributed by atoms with Crippen LogP contribution in [0.2, 0.25) is 0 Å². The summed E-state index contributed by atoms with van der Waals surface area (Å²) in [5.74, 6) is 0.0146. The predicted molar refractivity (Wildman–Crippen MR) is 99.7 cm³/mol. The third-order valence-electron chi connectivity index (χ3n) is 4.44. The van der Waals surface area contributed by atoms with E-state index in [-0.39, 0.29) is 5.75 Å². The van der Waals surface area contributed by atoms with Crippen LogP contribution >= 0.6 is 0 Å². The first-order valence-corrected chi connectivity index (χ1v) is 9.41. The van der Waals surface area contributed by atoms with E-state index in [0.717, 1.165) is 16.5 Å². The summed E-state index contributed by atoms with van der Waals surface area (Å²) in [6.07, 6.45) is 1.73. The van der Waals surface area contributed by atoms with E-state index in [0.29, 0.717) is 72.5 Å². The number of ether oxygens (including phenoxy) is 4. The second-order valence-electron chi connectivity index (χ2n) is 6.34. The minimum absolute atomic E-state index is 0.0146. The Labute approximate surface area is 159 Å². The van der Waals surface area contributed by atoms with Crippen molar-refractivity contribution in [1.29, 1.82) is 0 Å². The fourth-order valence-corrected chi connectivity index (χ4v) is 2.98. The molecule has 0 saturated carbocycles. The van der Waals surface area contributed by atoms with Crippen molar-refractivity contribution < 1.29 is 24.1 Å². The zero-order chi connectivity index (χ0) is 18.7. The molecule has 0 unspecified atom stereocenters. The quantitative estimate of drug-likeness (QED) is 0.780. The summed E-state index contributed by atoms with van der Waals surface area (Å²) in [4.78, 5) is 6.59. The fraction of sp³-hybridized carbons (Fsp3) is 0.550. The number of hydrogen-bond acceptors (Lipinski definition) is 7. The van der Waals surface area contributed by atoms with Crippen molar-refractivity contribution in [2.45, 2.75) is 6.54 Å². The molecule has 1 aromatic heterocycles. The molecule has 0 amide bonds. The van der Waals surface area contributed by atoms with Crippen LogP contribution in [0.25, 0.3) is 10.9 Å². The van der Waals surface area contributed by atoms with Crippen LogP contribution in [-0.2, 0) is 25.5 Å². The van der Waals surface area contributed by atoms with Crippen LogP contribution in [0.1, 0.15) is 5.56 Å². The SMILES string of the molecule is [O-]c1ccc2cccnc2c1CN1CCOCCOCCOCCOCC1. The van der Waals surface area contributed by atoms with Crippen molar-refractivity contribution in [3.8, 4) is 5.75 Å². The van der Waals surface area contributed by atoms with Gasteiger partial charge in [-0.15, -0.1) is 5.75 Å². The van der Waals surface area contributed by atoms with Gasteiger partial charge in [0.25, 0.3) is 0 Å². The normalized spacial score (nSPS) is 19.4. The van der Waals surface area contributed by atoms with Gasteiger partial charge in [-0.25, -0.2) is 0 Å². The standard InChI is InChI=1S/C20H28N2O5/c23-19-4-3-17-2-1-5-21-20(17)18(19)16-22-6-8-24-10-12-26-14-15-27-13-11-25-9-7-22/h1-5,23H,6-16H2/p-1. The number of fused-ring (bicyclic) bond motifs is 1. The minimum atomic E-state index is 0.0146. The molecule has 2 aromatic rings. The van der Waals surface area contributed by atoms with Crippen molar-refractivity contribution in [1.82, 2.24) is 9.88 Å². The van der Waals surface area contributed by atoms with Gasteiger partial charge in [-0.2, -0.15) is 0 Å². The largest absolute Gasteiger partial charge is 0.872 e. The zero-order valence-electron chi connectivity index (χ0n) is 15.6. The maximum Gasteiger partial charge on any atom is 0.0740 e. The molecule has 7 nitrogen and oxygen atoms in total. The van der Waals surface area contributed by atoms with Crippen molar-refractivity contribution in [2.75, 3.05) is 65.9 Å². The molecule has 1 aliphatic heterocycles. The number of benzene rings is 1. The Hall–Kier alpha value is -1.77. The van der Waals surface area contributed by atoms with Crippen LogP contribution in [0.15, 0.2) is 30.5 Å². The molecule has 0 spiro atoms. The summed E-state index contributed by atoms with van der Waals surface area (Å²) in [6, 6.07) is 7.30. The Morgan fingerprint density at radius 2 is 1.41 bits per heavy atom. The van der Waals surface area contributed by atoms with Gasteiger partial charge in [0.1, 0.15) is 0 Å². The van der Waals surface area contributed by atoms with E-state index in [4.69, 9.17) is 18.9 Å². The summed E-state index contributed by atoms with van der Waals surface area (Å²) in [6.45, 7) is 6.43. The molecular weight excluding hydrogens is 348 g/mol. The van der Waals surface area contributed by atoms with E-state index in [9.17, 15) is 5.11 Å². The molecule has 1 fully saturated rings. The van der Waals surface area contributed by atoms with Crippen LogP contribution in [0, 0.1) is 0 Å². The lowest BCUT2D eigenvalue weighted by Crippen LogP contribution is -2.31. The van der Waals surface area contributed by atoms with Gasteiger partial charge < -0.3 is 24.1 Å². The van der Waals surface area contributed by atoms with Gasteiger partial charge in [-0.3, -0.25) is 9.88 Å². The Morgan fingerprint density at radius 3 is 2.04 bits per heavy atom. The maximum atomic E-state index is 12.4. The molecule has 0 aliphatic carbocycles. The lowest BCUT2D eigenvalue weighted by atomic mass is 10.1. The monoisotopic (exact) mass is 375 g/mol. The van der Waals surface area contributed by atoms with Gasteiger partial charge in [-0.1, -0.05) is 18.2 Å². The molecule has 1 aliphatic rings. The maximum absolute atomic E-state index is 12.4. The Bertz CT molecular complexity index is 681. The molecular formula is C20H27N2O5-. The first-order chi connectivity index (χ1) is 13.3.